The summed E-state index contributed by atoms with van der Waals surface area (Å²) in [5, 5.41) is 6.25. The standard InChI is InChI=1S/C21H25.C6H4Cl.C6H5.C5H5.CH2.Zr/c1-20(2,3)16-9-7-14-11-15-8-10-17(21(4,5)6)13-19(15)18(14)12-16;7-6-4-2-1-3-5-6;1-2-4-6-5-3-1;1-2-4-5-3-1;;/h7-13H,1-6H3;2-5H;1-5H;1-5H;1H2;/q4*-1;;. The molecule has 0 radical (unpaired) electrons. The van der Waals surface area contributed by atoms with Crippen molar-refractivity contribution in [2.45, 2.75) is 52.4 Å². The minimum atomic E-state index is 0.194. The number of hydrogen-bond acceptors (Lipinski definition) is 0. The minimum Gasteiger partial charge on any atom is -0.214 e. The van der Waals surface area contributed by atoms with Crippen LogP contribution in [0.5, 0.6) is 0 Å². The molecule has 212 valence electrons. The van der Waals surface area contributed by atoms with E-state index in [2.05, 4.69) is 100 Å². The van der Waals surface area contributed by atoms with Gasteiger partial charge in [-0.3, -0.25) is 0 Å². The number of rotatable bonds is 0. The predicted molar refractivity (Wildman–Crippen MR) is 179 cm³/mol. The third kappa shape index (κ3) is 11.9. The molecule has 0 aromatic heterocycles. The smallest absolute Gasteiger partial charge is 0.171 e. The molecular weight excluding hydrogens is 595 g/mol. The Morgan fingerprint density at radius 2 is 1.05 bits per heavy atom. The summed E-state index contributed by atoms with van der Waals surface area (Å²) in [4.78, 5) is 0. The van der Waals surface area contributed by atoms with Gasteiger partial charge in [0.1, 0.15) is 0 Å². The molecule has 41 heavy (non-hydrogen) atoms. The second kappa shape index (κ2) is 17.2. The average Bonchev–Trinajstić information content (AvgIpc) is 3.67. The minimum absolute atomic E-state index is 0.194. The van der Waals surface area contributed by atoms with E-state index in [4.69, 9.17) is 11.6 Å². The third-order valence-electron chi connectivity index (χ3n) is 6.28. The van der Waals surface area contributed by atoms with Gasteiger partial charge in [0.2, 0.25) is 0 Å². The summed E-state index contributed by atoms with van der Waals surface area (Å²) in [7, 11) is 0. The van der Waals surface area contributed by atoms with Gasteiger partial charge >= 0.3 is 28.4 Å². The second-order valence-corrected chi connectivity index (χ2v) is 11.9. The summed E-state index contributed by atoms with van der Waals surface area (Å²) < 4.78 is 3.34. The van der Waals surface area contributed by atoms with Gasteiger partial charge in [-0.2, -0.15) is 84.9 Å². The van der Waals surface area contributed by atoms with Crippen molar-refractivity contribution in [3.63, 3.8) is 0 Å². The molecule has 0 nitrogen and oxygen atoms in total. The molecule has 0 bridgehead atoms. The van der Waals surface area contributed by atoms with Crippen LogP contribution in [0, 0.1) is 12.1 Å². The fourth-order valence-corrected chi connectivity index (χ4v) is 4.09. The van der Waals surface area contributed by atoms with E-state index < -0.39 is 0 Å². The van der Waals surface area contributed by atoms with E-state index in [-0.39, 0.29) is 10.8 Å². The maximum Gasteiger partial charge on any atom is -0.171 e. The van der Waals surface area contributed by atoms with Crippen LogP contribution in [0.15, 0.2) is 127 Å². The Morgan fingerprint density at radius 1 is 0.610 bits per heavy atom. The van der Waals surface area contributed by atoms with Gasteiger partial charge in [-0.05, 0) is 10.8 Å². The van der Waals surface area contributed by atoms with Gasteiger partial charge < -0.3 is 0 Å². The molecule has 0 N–H and O–H groups in total. The second-order valence-electron chi connectivity index (χ2n) is 11.5. The van der Waals surface area contributed by atoms with Gasteiger partial charge in [0.05, 0.1) is 0 Å². The van der Waals surface area contributed by atoms with Crippen molar-refractivity contribution in [1.29, 1.82) is 0 Å². The van der Waals surface area contributed by atoms with E-state index in [1.165, 1.54) is 56.9 Å². The van der Waals surface area contributed by atoms with Crippen LogP contribution in [0.2, 0.25) is 5.02 Å². The maximum atomic E-state index is 5.52. The Morgan fingerprint density at radius 3 is 1.32 bits per heavy atom. The van der Waals surface area contributed by atoms with Gasteiger partial charge in [0, 0.05) is 0 Å². The van der Waals surface area contributed by atoms with Crippen LogP contribution < -0.4 is 0 Å². The van der Waals surface area contributed by atoms with Crippen LogP contribution in [-0.2, 0) is 35.1 Å². The SMILES string of the molecule is CC(C)(C)c1ccc2[cH-]c3ccc(C(C)(C)C)cc3c2c1.Clc1cc[c-]cc1.[CH2]=[Zr].[c-]1ccccc1.c1cc[cH-]c1. The number of hydrogen-bond donors (Lipinski definition) is 0. The maximum absolute atomic E-state index is 5.52. The van der Waals surface area contributed by atoms with Crippen molar-refractivity contribution < 1.29 is 24.2 Å². The fraction of sp³-hybridized carbons (Fsp3) is 0.205. The molecule has 6 aromatic rings. The van der Waals surface area contributed by atoms with Crippen LogP contribution in [0.3, 0.4) is 0 Å². The van der Waals surface area contributed by atoms with Gasteiger partial charge in [-0.15, -0.1) is 51.3 Å². The number of benzene rings is 4. The van der Waals surface area contributed by atoms with Crippen molar-refractivity contribution in [3.05, 3.63) is 156 Å². The van der Waals surface area contributed by atoms with E-state index in [9.17, 15) is 0 Å². The van der Waals surface area contributed by atoms with Crippen molar-refractivity contribution in [1.82, 2.24) is 0 Å². The zero-order valence-electron chi connectivity index (χ0n) is 25.2. The van der Waals surface area contributed by atoms with Crippen LogP contribution in [0.1, 0.15) is 52.7 Å². The molecule has 0 amide bonds. The Bertz CT molecular complexity index is 1400. The Labute approximate surface area is 268 Å². The molecule has 0 fully saturated rings. The summed E-state index contributed by atoms with van der Waals surface area (Å²) in [6, 6.07) is 48.6. The first kappa shape index (κ1) is 34.3. The monoisotopic (exact) mass is 634 g/mol. The van der Waals surface area contributed by atoms with E-state index in [1.54, 1.807) is 24.3 Å². The summed E-state index contributed by atoms with van der Waals surface area (Å²) in [5.41, 5.74) is 3.20. The molecule has 0 heterocycles. The molecule has 2 heteroatoms. The molecule has 0 aliphatic carbocycles. The average molecular weight is 636 g/mol. The van der Waals surface area contributed by atoms with Crippen LogP contribution in [0.25, 0.3) is 21.5 Å². The third-order valence-corrected chi connectivity index (χ3v) is 6.53. The van der Waals surface area contributed by atoms with Crippen LogP contribution >= 0.6 is 11.6 Å². The van der Waals surface area contributed by atoms with Gasteiger partial charge in [-0.1, -0.05) is 82.0 Å². The predicted octanol–water partition coefficient (Wildman–Crippen LogP) is 11.3. The summed E-state index contributed by atoms with van der Waals surface area (Å²) in [6.45, 7) is 13.7. The summed E-state index contributed by atoms with van der Waals surface area (Å²) in [5.74, 6) is 0. The molecular formula is C39H41ClZr-4. The first-order valence-electron chi connectivity index (χ1n) is 13.7. The van der Waals surface area contributed by atoms with Crippen molar-refractivity contribution in [2.24, 2.45) is 0 Å². The summed E-state index contributed by atoms with van der Waals surface area (Å²) >= 11 is 6.82. The Kier molecular flexibility index (Phi) is 14.4. The van der Waals surface area contributed by atoms with Gasteiger partial charge in [-0.25, -0.2) is 12.1 Å². The number of halogens is 1. The van der Waals surface area contributed by atoms with Crippen LogP contribution in [0.4, 0.5) is 0 Å². The molecule has 6 aromatic carbocycles. The molecule has 6 rings (SSSR count). The van der Waals surface area contributed by atoms with E-state index >= 15 is 0 Å². The fourth-order valence-electron chi connectivity index (χ4n) is 3.96. The Balaban J connectivity index is 0.000000237. The molecule has 0 spiro atoms. The van der Waals surface area contributed by atoms with E-state index in [0.717, 1.165) is 5.02 Å². The normalized spacial score (nSPS) is 10.5. The molecule has 0 aliphatic rings. The topological polar surface area (TPSA) is 0 Å². The van der Waals surface area contributed by atoms with Crippen molar-refractivity contribution in [3.8, 4) is 0 Å². The zero-order chi connectivity index (χ0) is 30.3. The molecule has 0 saturated carbocycles. The van der Waals surface area contributed by atoms with E-state index in [1.807, 2.05) is 60.7 Å². The van der Waals surface area contributed by atoms with Gasteiger partial charge in [0.15, 0.2) is 0 Å². The first-order chi connectivity index (χ1) is 19.6. The zero-order valence-corrected chi connectivity index (χ0v) is 28.4. The van der Waals surface area contributed by atoms with Crippen molar-refractivity contribution >= 4 is 37.4 Å². The summed E-state index contributed by atoms with van der Waals surface area (Å²) in [6.07, 6.45) is 0. The largest absolute Gasteiger partial charge is 0.214 e. The molecule has 0 aliphatic heterocycles. The van der Waals surface area contributed by atoms with Gasteiger partial charge in [0.25, 0.3) is 0 Å². The molecule has 0 atom stereocenters. The Hall–Kier alpha value is -2.86. The quantitative estimate of drug-likeness (QED) is 0.146. The van der Waals surface area contributed by atoms with Crippen LogP contribution in [-0.4, -0.2) is 4.21 Å². The molecule has 0 saturated heterocycles. The number of fused-ring (bicyclic) bond motifs is 3. The first-order valence-corrected chi connectivity index (χ1v) is 15.9. The van der Waals surface area contributed by atoms with Crippen molar-refractivity contribution in [2.75, 3.05) is 0 Å². The molecule has 0 unspecified atom stereocenters. The van der Waals surface area contributed by atoms with E-state index in [0.29, 0.717) is 0 Å².